The number of thioether (sulfide) groups is 1. The van der Waals surface area contributed by atoms with Crippen molar-refractivity contribution in [1.29, 1.82) is 0 Å². The van der Waals surface area contributed by atoms with Gasteiger partial charge < -0.3 is 10.2 Å². The second kappa shape index (κ2) is 5.35. The standard InChI is InChI=1S/C14H24N2O2S/c1-9(19-4)7-8-16-10(2)12(17)15-14(3,13(16)18)11-5-6-11/h9-11H,5-8H2,1-4H3,(H,15,17). The Balaban J connectivity index is 2.10. The summed E-state index contributed by atoms with van der Waals surface area (Å²) in [6.07, 6.45) is 5.11. The van der Waals surface area contributed by atoms with Crippen LogP contribution in [0.25, 0.3) is 0 Å². The minimum Gasteiger partial charge on any atom is -0.340 e. The van der Waals surface area contributed by atoms with Crippen LogP contribution in [-0.4, -0.2) is 46.3 Å². The number of rotatable bonds is 5. The summed E-state index contributed by atoms with van der Waals surface area (Å²) in [5.74, 6) is 0.429. The van der Waals surface area contributed by atoms with E-state index in [0.29, 0.717) is 17.7 Å². The van der Waals surface area contributed by atoms with Crippen molar-refractivity contribution in [3.05, 3.63) is 0 Å². The summed E-state index contributed by atoms with van der Waals surface area (Å²) in [6.45, 7) is 6.55. The molecule has 0 aromatic carbocycles. The van der Waals surface area contributed by atoms with E-state index in [4.69, 9.17) is 0 Å². The second-order valence-electron chi connectivity index (χ2n) is 5.98. The van der Waals surface area contributed by atoms with E-state index in [1.807, 2.05) is 13.8 Å². The quantitative estimate of drug-likeness (QED) is 0.835. The van der Waals surface area contributed by atoms with Gasteiger partial charge in [0.25, 0.3) is 0 Å². The number of hydrogen-bond acceptors (Lipinski definition) is 3. The van der Waals surface area contributed by atoms with Crippen LogP contribution in [0.5, 0.6) is 0 Å². The van der Waals surface area contributed by atoms with E-state index >= 15 is 0 Å². The van der Waals surface area contributed by atoms with Crippen LogP contribution in [0.2, 0.25) is 0 Å². The average molecular weight is 284 g/mol. The monoisotopic (exact) mass is 284 g/mol. The Hall–Kier alpha value is -0.710. The van der Waals surface area contributed by atoms with Crippen molar-refractivity contribution in [3.8, 4) is 0 Å². The van der Waals surface area contributed by atoms with Crippen molar-refractivity contribution in [2.24, 2.45) is 5.92 Å². The molecule has 0 radical (unpaired) electrons. The van der Waals surface area contributed by atoms with Crippen LogP contribution in [-0.2, 0) is 9.59 Å². The van der Waals surface area contributed by atoms with Crippen molar-refractivity contribution in [2.45, 2.75) is 56.9 Å². The molecule has 4 nitrogen and oxygen atoms in total. The van der Waals surface area contributed by atoms with E-state index in [1.54, 1.807) is 16.7 Å². The van der Waals surface area contributed by atoms with Crippen molar-refractivity contribution >= 4 is 23.6 Å². The molecule has 1 aliphatic carbocycles. The first-order valence-corrected chi connectivity index (χ1v) is 8.34. The Morgan fingerprint density at radius 2 is 2.11 bits per heavy atom. The van der Waals surface area contributed by atoms with Crippen LogP contribution >= 0.6 is 11.8 Å². The molecule has 1 saturated carbocycles. The third kappa shape index (κ3) is 2.76. The van der Waals surface area contributed by atoms with Gasteiger partial charge in [-0.05, 0) is 45.3 Å². The molecule has 3 atom stereocenters. The lowest BCUT2D eigenvalue weighted by Crippen LogP contribution is -2.69. The lowest BCUT2D eigenvalue weighted by molar-refractivity contribution is -0.154. The summed E-state index contributed by atoms with van der Waals surface area (Å²) in [6, 6.07) is -0.339. The van der Waals surface area contributed by atoms with Gasteiger partial charge in [0.05, 0.1) is 0 Å². The van der Waals surface area contributed by atoms with Gasteiger partial charge in [0.2, 0.25) is 11.8 Å². The number of nitrogens with zero attached hydrogens (tertiary/aromatic N) is 1. The molecular formula is C14H24N2O2S. The zero-order valence-corrected chi connectivity index (χ0v) is 13.0. The first kappa shape index (κ1) is 14.7. The van der Waals surface area contributed by atoms with Crippen molar-refractivity contribution < 1.29 is 9.59 Å². The second-order valence-corrected chi connectivity index (χ2v) is 7.25. The molecule has 0 bridgehead atoms. The first-order valence-electron chi connectivity index (χ1n) is 7.06. The molecule has 1 heterocycles. The topological polar surface area (TPSA) is 49.4 Å². The summed E-state index contributed by atoms with van der Waals surface area (Å²) in [4.78, 5) is 26.6. The largest absolute Gasteiger partial charge is 0.340 e. The zero-order chi connectivity index (χ0) is 14.2. The molecule has 2 fully saturated rings. The van der Waals surface area contributed by atoms with Crippen LogP contribution in [0.15, 0.2) is 0 Å². The predicted octanol–water partition coefficient (Wildman–Crippen LogP) is 1.64. The number of amides is 2. The molecule has 5 heteroatoms. The fraction of sp³-hybridized carbons (Fsp3) is 0.857. The van der Waals surface area contributed by atoms with E-state index in [9.17, 15) is 9.59 Å². The van der Waals surface area contributed by atoms with Gasteiger partial charge in [0.15, 0.2) is 0 Å². The minimum absolute atomic E-state index is 0.00851. The highest BCUT2D eigenvalue weighted by Crippen LogP contribution is 2.42. The van der Waals surface area contributed by atoms with E-state index in [-0.39, 0.29) is 17.9 Å². The van der Waals surface area contributed by atoms with Crippen LogP contribution in [0, 0.1) is 5.92 Å². The van der Waals surface area contributed by atoms with Gasteiger partial charge in [0, 0.05) is 11.8 Å². The molecule has 0 aromatic rings. The third-order valence-corrected chi connectivity index (χ3v) is 5.55. The summed E-state index contributed by atoms with van der Waals surface area (Å²) in [7, 11) is 0. The van der Waals surface area contributed by atoms with Crippen LogP contribution < -0.4 is 5.32 Å². The highest BCUT2D eigenvalue weighted by Gasteiger charge is 2.54. The Kier molecular flexibility index (Phi) is 4.14. The van der Waals surface area contributed by atoms with Crippen LogP contribution in [0.4, 0.5) is 0 Å². The fourth-order valence-corrected chi connectivity index (χ4v) is 3.04. The molecule has 0 spiro atoms. The normalized spacial score (nSPS) is 33.3. The third-order valence-electron chi connectivity index (χ3n) is 4.51. The number of nitrogens with one attached hydrogen (secondary N) is 1. The van der Waals surface area contributed by atoms with Crippen molar-refractivity contribution in [3.63, 3.8) is 0 Å². The van der Waals surface area contributed by atoms with E-state index in [1.165, 1.54) is 0 Å². The van der Waals surface area contributed by atoms with E-state index in [0.717, 1.165) is 19.3 Å². The maximum atomic E-state index is 12.7. The number of piperazine rings is 1. The molecule has 108 valence electrons. The maximum absolute atomic E-state index is 12.7. The van der Waals surface area contributed by atoms with Crippen molar-refractivity contribution in [2.75, 3.05) is 12.8 Å². The molecule has 19 heavy (non-hydrogen) atoms. The molecular weight excluding hydrogens is 260 g/mol. The highest BCUT2D eigenvalue weighted by atomic mass is 32.2. The highest BCUT2D eigenvalue weighted by molar-refractivity contribution is 7.99. The fourth-order valence-electron chi connectivity index (χ4n) is 2.70. The smallest absolute Gasteiger partial charge is 0.248 e. The minimum atomic E-state index is -0.661. The molecule has 1 aliphatic heterocycles. The predicted molar refractivity (Wildman–Crippen MR) is 78.0 cm³/mol. The number of hydrogen-bond donors (Lipinski definition) is 1. The Bertz CT molecular complexity index is 384. The molecule has 1 N–H and O–H groups in total. The SMILES string of the molecule is CSC(C)CCN1C(=O)C(C)(C2CC2)NC(=O)C1C. The van der Waals surface area contributed by atoms with Gasteiger partial charge in [-0.3, -0.25) is 9.59 Å². The van der Waals surface area contributed by atoms with Crippen LogP contribution in [0.3, 0.4) is 0 Å². The van der Waals surface area contributed by atoms with E-state index < -0.39 is 5.54 Å². The number of carbonyl (C=O) groups is 2. The van der Waals surface area contributed by atoms with Crippen molar-refractivity contribution in [1.82, 2.24) is 10.2 Å². The molecule has 2 amide bonds. The molecule has 3 unspecified atom stereocenters. The molecule has 2 rings (SSSR count). The zero-order valence-electron chi connectivity index (χ0n) is 12.2. The van der Waals surface area contributed by atoms with Gasteiger partial charge in [-0.25, -0.2) is 0 Å². The van der Waals surface area contributed by atoms with E-state index in [2.05, 4.69) is 18.5 Å². The van der Waals surface area contributed by atoms with Gasteiger partial charge in [0.1, 0.15) is 11.6 Å². The van der Waals surface area contributed by atoms with Crippen LogP contribution in [0.1, 0.15) is 40.0 Å². The summed E-state index contributed by atoms with van der Waals surface area (Å²) in [5, 5.41) is 3.46. The number of carbonyl (C=O) groups excluding carboxylic acids is 2. The Morgan fingerprint density at radius 1 is 1.47 bits per heavy atom. The first-order chi connectivity index (χ1) is 8.90. The summed E-state index contributed by atoms with van der Waals surface area (Å²) < 4.78 is 0. The lowest BCUT2D eigenvalue weighted by Gasteiger charge is -2.44. The molecule has 2 aliphatic rings. The Labute approximate surface area is 119 Å². The summed E-state index contributed by atoms with van der Waals surface area (Å²) >= 11 is 1.80. The Morgan fingerprint density at radius 3 is 2.63 bits per heavy atom. The lowest BCUT2D eigenvalue weighted by atomic mass is 9.89. The van der Waals surface area contributed by atoms with Gasteiger partial charge in [-0.15, -0.1) is 0 Å². The summed E-state index contributed by atoms with van der Waals surface area (Å²) in [5.41, 5.74) is -0.661. The molecule has 0 aromatic heterocycles. The van der Waals surface area contributed by atoms with Gasteiger partial charge in [-0.2, -0.15) is 11.8 Å². The maximum Gasteiger partial charge on any atom is 0.248 e. The van der Waals surface area contributed by atoms with Gasteiger partial charge >= 0.3 is 0 Å². The van der Waals surface area contributed by atoms with Gasteiger partial charge in [-0.1, -0.05) is 6.92 Å². The average Bonchev–Trinajstić information content (AvgIpc) is 3.20. The molecule has 1 saturated heterocycles.